The molecule has 1 aromatic carbocycles. The molecule has 0 spiro atoms. The van der Waals surface area contributed by atoms with Gasteiger partial charge in [0.15, 0.2) is 0 Å². The maximum Gasteiger partial charge on any atom is 0.0701 e. The molecule has 0 saturated carbocycles. The van der Waals surface area contributed by atoms with Crippen LogP contribution in [0.25, 0.3) is 10.9 Å². The fourth-order valence-electron chi connectivity index (χ4n) is 1.02. The maximum atomic E-state index is 4.18. The normalized spacial score (nSPS) is 9.04. The van der Waals surface area contributed by atoms with Gasteiger partial charge in [0.05, 0.1) is 5.52 Å². The molecule has 0 aliphatic heterocycles. The summed E-state index contributed by atoms with van der Waals surface area (Å²) in [6, 6.07) is 12.1. The Hall–Kier alpha value is 0.608. The number of benzene rings is 1. The number of hydrogen-bond donors (Lipinski definition) is 0. The van der Waals surface area contributed by atoms with Gasteiger partial charge in [-0.2, -0.15) is 0 Å². The van der Waals surface area contributed by atoms with Gasteiger partial charge in [-0.1, -0.05) is 24.3 Å². The van der Waals surface area contributed by atoms with Crippen molar-refractivity contribution in [2.75, 3.05) is 60.0 Å². The van der Waals surface area contributed by atoms with E-state index >= 15 is 0 Å². The molecule has 1 heterocycles. The molecule has 0 aliphatic carbocycles. The zero-order valence-electron chi connectivity index (χ0n) is 16.4. The first-order chi connectivity index (χ1) is 10.2. The molecule has 2 aromatic rings. The molecule has 0 atom stereocenters. The van der Waals surface area contributed by atoms with E-state index in [0.29, 0.717) is 0 Å². The topological polar surface area (TPSA) is 12.9 Å². The Morgan fingerprint density at radius 3 is 1.35 bits per heavy atom. The Morgan fingerprint density at radius 2 is 0.957 bits per heavy atom. The minimum atomic E-state index is 0. The molecule has 0 amide bonds. The molecule has 0 bridgehead atoms. The second kappa shape index (κ2) is 18.9. The van der Waals surface area contributed by atoms with Crippen molar-refractivity contribution in [2.24, 2.45) is 0 Å². The summed E-state index contributed by atoms with van der Waals surface area (Å²) < 4.78 is 0. The van der Waals surface area contributed by atoms with Gasteiger partial charge in [0, 0.05) is 92.6 Å². The van der Waals surface area contributed by atoms with E-state index in [9.17, 15) is 0 Å². The average Bonchev–Trinajstić information content (AvgIpc) is 2.37. The minimum absolute atomic E-state index is 0. The molecule has 132 valence electrons. The predicted octanol–water partition coefficient (Wildman–Crippen LogP) is 5.50. The van der Waals surface area contributed by atoms with Crippen molar-refractivity contribution in [1.82, 2.24) is 4.98 Å². The van der Waals surface area contributed by atoms with Gasteiger partial charge in [0.25, 0.3) is 0 Å². The molecular weight excluding hydrogens is 419 g/mol. The first-order valence-corrected chi connectivity index (χ1v) is 16.8. The third-order valence-electron chi connectivity index (χ3n) is 1.51. The fourth-order valence-corrected chi connectivity index (χ4v) is 1.02. The van der Waals surface area contributed by atoms with E-state index in [1.807, 2.05) is 30.5 Å². The van der Waals surface area contributed by atoms with Crippen LogP contribution < -0.4 is 0 Å². The molecule has 0 radical (unpaired) electrons. The summed E-state index contributed by atoms with van der Waals surface area (Å²) in [5, 5.41) is 1.20. The summed E-state index contributed by atoms with van der Waals surface area (Å²) in [6.45, 7) is 20.4. The van der Waals surface area contributed by atoms with Crippen LogP contribution in [-0.4, -0.2) is 65.0 Å². The van der Waals surface area contributed by atoms with Crippen LogP contribution in [0.3, 0.4) is 0 Å². The summed E-state index contributed by atoms with van der Waals surface area (Å²) in [7, 11) is 0.361. The Labute approximate surface area is 163 Å². The Kier molecular flexibility index (Phi) is 23.4. The zero-order chi connectivity index (χ0) is 17.5. The number of hydrogen-bond acceptors (Lipinski definition) is 1. The SMILES string of the molecule is C[PH+](C)C.C[PH+](C)C.C[PH+](C)C.[Mo].c1ccc2ncccc2c1. The van der Waals surface area contributed by atoms with Crippen LogP contribution in [0.4, 0.5) is 0 Å². The van der Waals surface area contributed by atoms with E-state index in [-0.39, 0.29) is 44.8 Å². The summed E-state index contributed by atoms with van der Waals surface area (Å²) in [5.41, 5.74) is 1.06. The van der Waals surface area contributed by atoms with Crippen LogP contribution in [0, 0.1) is 0 Å². The van der Waals surface area contributed by atoms with E-state index in [0.717, 1.165) is 5.52 Å². The van der Waals surface area contributed by atoms with Crippen LogP contribution in [0.5, 0.6) is 0 Å². The van der Waals surface area contributed by atoms with Crippen LogP contribution in [0.15, 0.2) is 42.6 Å². The van der Waals surface area contributed by atoms with Crippen molar-refractivity contribution in [2.45, 2.75) is 0 Å². The van der Waals surface area contributed by atoms with Gasteiger partial charge >= 0.3 is 0 Å². The Morgan fingerprint density at radius 1 is 0.609 bits per heavy atom. The van der Waals surface area contributed by atoms with Crippen molar-refractivity contribution in [3.63, 3.8) is 0 Å². The third kappa shape index (κ3) is 27.7. The molecule has 0 unspecified atom stereocenters. The van der Waals surface area contributed by atoms with E-state index < -0.39 is 0 Å². The maximum absolute atomic E-state index is 4.18. The van der Waals surface area contributed by atoms with Crippen LogP contribution >= 0.6 is 23.8 Å². The van der Waals surface area contributed by atoms with Crippen molar-refractivity contribution < 1.29 is 21.1 Å². The number of para-hydroxylation sites is 1. The summed E-state index contributed by atoms with van der Waals surface area (Å²) >= 11 is 0. The molecule has 1 nitrogen and oxygen atoms in total. The quantitative estimate of drug-likeness (QED) is 0.377. The summed E-state index contributed by atoms with van der Waals surface area (Å²) in [5.74, 6) is 0. The zero-order valence-corrected chi connectivity index (χ0v) is 21.4. The van der Waals surface area contributed by atoms with E-state index in [4.69, 9.17) is 0 Å². The van der Waals surface area contributed by atoms with Gasteiger partial charge in [-0.15, -0.1) is 0 Å². The molecule has 23 heavy (non-hydrogen) atoms. The predicted molar refractivity (Wildman–Crippen MR) is 120 cm³/mol. The van der Waals surface area contributed by atoms with Gasteiger partial charge in [0.2, 0.25) is 0 Å². The van der Waals surface area contributed by atoms with Crippen LogP contribution in [-0.2, 0) is 21.1 Å². The molecule has 1 aromatic heterocycles. The van der Waals surface area contributed by atoms with Gasteiger partial charge in [-0.3, -0.25) is 4.98 Å². The summed E-state index contributed by atoms with van der Waals surface area (Å²) in [6.07, 6.45) is 1.81. The molecule has 0 aliphatic rings. The van der Waals surface area contributed by atoms with Crippen molar-refractivity contribution in [1.29, 1.82) is 0 Å². The number of pyridine rings is 1. The fraction of sp³-hybridized carbons (Fsp3) is 0.500. The van der Waals surface area contributed by atoms with Crippen molar-refractivity contribution in [3.05, 3.63) is 42.6 Å². The molecule has 0 N–H and O–H groups in total. The number of aromatic nitrogens is 1. The standard InChI is InChI=1S/C9H7N.3C3H9P.Mo/c1-2-6-9-8(4-1)5-3-7-10-9;3*1-4(2)3;/h1-7H;3*1-3H3;/p+3. The van der Waals surface area contributed by atoms with E-state index in [1.165, 1.54) is 5.39 Å². The number of rotatable bonds is 0. The minimum Gasteiger partial charge on any atom is -0.256 e. The van der Waals surface area contributed by atoms with Crippen molar-refractivity contribution >= 4 is 34.7 Å². The Balaban J connectivity index is -0.000000264. The average molecular weight is 456 g/mol. The monoisotopic (exact) mass is 458 g/mol. The van der Waals surface area contributed by atoms with Gasteiger partial charge < -0.3 is 0 Å². The third-order valence-corrected chi connectivity index (χ3v) is 1.51. The van der Waals surface area contributed by atoms with Crippen LogP contribution in [0.2, 0.25) is 0 Å². The second-order valence-electron chi connectivity index (χ2n) is 6.70. The molecule has 5 heteroatoms. The summed E-state index contributed by atoms with van der Waals surface area (Å²) in [4.78, 5) is 4.18. The Bertz CT molecular complexity index is 389. The van der Waals surface area contributed by atoms with Gasteiger partial charge in [-0.25, -0.2) is 0 Å². The largest absolute Gasteiger partial charge is 0.256 e. The van der Waals surface area contributed by atoms with Crippen LogP contribution in [0.1, 0.15) is 0 Å². The first-order valence-electron chi connectivity index (χ1n) is 7.76. The van der Waals surface area contributed by atoms with Gasteiger partial charge in [-0.05, 0) is 35.9 Å². The van der Waals surface area contributed by atoms with Gasteiger partial charge in [0.1, 0.15) is 0 Å². The van der Waals surface area contributed by atoms with E-state index in [2.05, 4.69) is 77.1 Å². The molecule has 0 fully saturated rings. The van der Waals surface area contributed by atoms with E-state index in [1.54, 1.807) is 0 Å². The molecule has 2 rings (SSSR count). The number of nitrogens with zero attached hydrogens (tertiary/aromatic N) is 1. The molecule has 0 saturated heterocycles. The second-order valence-corrected chi connectivity index (χ2v) is 15.7. The number of fused-ring (bicyclic) bond motifs is 1. The van der Waals surface area contributed by atoms with Crippen molar-refractivity contribution in [3.8, 4) is 0 Å². The first kappa shape index (κ1) is 28.4. The molecular formula is C18H37MoNP3+3. The smallest absolute Gasteiger partial charge is 0.0701 e.